The molecule has 7 nitrogen and oxygen atoms in total. The Bertz CT molecular complexity index is 1170. The van der Waals surface area contributed by atoms with E-state index in [9.17, 15) is 9.59 Å². The summed E-state index contributed by atoms with van der Waals surface area (Å²) in [5.41, 5.74) is 2.04. The number of para-hydroxylation sites is 1. The van der Waals surface area contributed by atoms with Crippen LogP contribution in [0.25, 0.3) is 10.9 Å². The fourth-order valence-corrected chi connectivity index (χ4v) is 3.28. The molecule has 3 heterocycles. The van der Waals surface area contributed by atoms with Gasteiger partial charge in [0, 0.05) is 24.4 Å². The Morgan fingerprint density at radius 2 is 2.07 bits per heavy atom. The van der Waals surface area contributed by atoms with Crippen LogP contribution in [0.2, 0.25) is 0 Å². The zero-order valence-corrected chi connectivity index (χ0v) is 15.5. The number of H-pyrrole nitrogens is 1. The summed E-state index contributed by atoms with van der Waals surface area (Å²) in [6.45, 7) is 0.696. The molecule has 3 aromatic heterocycles. The molecule has 0 fully saturated rings. The zero-order chi connectivity index (χ0) is 19.3. The Morgan fingerprint density at radius 3 is 2.93 bits per heavy atom. The molecule has 0 atom stereocenters. The van der Waals surface area contributed by atoms with Crippen LogP contribution in [0.5, 0.6) is 5.88 Å². The topological polar surface area (TPSA) is 97.0 Å². The van der Waals surface area contributed by atoms with Gasteiger partial charge in [-0.1, -0.05) is 12.1 Å². The number of benzene rings is 1. The molecule has 2 N–H and O–H groups in total. The first-order chi connectivity index (χ1) is 13.7. The van der Waals surface area contributed by atoms with Gasteiger partial charge in [-0.05, 0) is 40.6 Å². The predicted molar refractivity (Wildman–Crippen MR) is 106 cm³/mol. The summed E-state index contributed by atoms with van der Waals surface area (Å²) in [5, 5.41) is 7.20. The van der Waals surface area contributed by atoms with E-state index >= 15 is 0 Å². The van der Waals surface area contributed by atoms with Gasteiger partial charge < -0.3 is 15.0 Å². The fraction of sp³-hybridized carbons (Fsp3) is 0.100. The van der Waals surface area contributed by atoms with Gasteiger partial charge in [0.1, 0.15) is 6.61 Å². The third kappa shape index (κ3) is 4.07. The van der Waals surface area contributed by atoms with E-state index in [-0.39, 0.29) is 17.9 Å². The van der Waals surface area contributed by atoms with Gasteiger partial charge in [0.2, 0.25) is 5.88 Å². The Balaban J connectivity index is 1.42. The number of hydrogen-bond donors (Lipinski definition) is 2. The fourth-order valence-electron chi connectivity index (χ4n) is 2.63. The molecule has 0 aliphatic heterocycles. The van der Waals surface area contributed by atoms with Crippen LogP contribution in [-0.4, -0.2) is 20.9 Å². The van der Waals surface area contributed by atoms with E-state index in [0.29, 0.717) is 23.4 Å². The van der Waals surface area contributed by atoms with E-state index in [0.717, 1.165) is 11.1 Å². The SMILES string of the molecule is O=C(NCc1ccnc(OCc2ccsc2)c1)c1nc2ccccc2c(=O)[nH]1. The molecule has 1 aromatic carbocycles. The Kier molecular flexibility index (Phi) is 5.11. The molecule has 4 rings (SSSR count). The molecule has 140 valence electrons. The molecule has 0 bridgehead atoms. The molecule has 4 aromatic rings. The standard InChI is InChI=1S/C20H16N4O3S/c25-19-15-3-1-2-4-16(15)23-18(24-19)20(26)22-10-13-5-7-21-17(9-13)27-11-14-6-8-28-12-14/h1-9,12H,10-11H2,(H,22,26)(H,23,24,25). The number of aromatic nitrogens is 3. The maximum Gasteiger partial charge on any atom is 0.287 e. The third-order valence-electron chi connectivity index (χ3n) is 4.05. The summed E-state index contributed by atoms with van der Waals surface area (Å²) in [5.74, 6) is 0.00211. The quantitative estimate of drug-likeness (QED) is 0.526. The van der Waals surface area contributed by atoms with Crippen molar-refractivity contribution in [1.82, 2.24) is 20.3 Å². The Labute approximate surface area is 164 Å². The summed E-state index contributed by atoms with van der Waals surface area (Å²) in [4.78, 5) is 35.4. The lowest BCUT2D eigenvalue weighted by Crippen LogP contribution is -2.27. The average Bonchev–Trinajstić information content (AvgIpc) is 3.24. The van der Waals surface area contributed by atoms with E-state index in [1.165, 1.54) is 0 Å². The zero-order valence-electron chi connectivity index (χ0n) is 14.7. The summed E-state index contributed by atoms with van der Waals surface area (Å²) in [6.07, 6.45) is 1.63. The second kappa shape index (κ2) is 8.01. The van der Waals surface area contributed by atoms with E-state index in [4.69, 9.17) is 4.74 Å². The molecule has 0 saturated heterocycles. The van der Waals surface area contributed by atoms with Crippen LogP contribution >= 0.6 is 11.3 Å². The van der Waals surface area contributed by atoms with Crippen molar-refractivity contribution in [1.29, 1.82) is 0 Å². The Hall–Kier alpha value is -3.52. The van der Waals surface area contributed by atoms with E-state index in [2.05, 4.69) is 20.3 Å². The highest BCUT2D eigenvalue weighted by atomic mass is 32.1. The first-order valence-electron chi connectivity index (χ1n) is 8.55. The molecule has 0 spiro atoms. The summed E-state index contributed by atoms with van der Waals surface area (Å²) in [6, 6.07) is 12.4. The smallest absolute Gasteiger partial charge is 0.287 e. The number of amides is 1. The van der Waals surface area contributed by atoms with Gasteiger partial charge in [-0.2, -0.15) is 11.3 Å². The van der Waals surface area contributed by atoms with Crippen LogP contribution < -0.4 is 15.6 Å². The van der Waals surface area contributed by atoms with Crippen LogP contribution in [0.4, 0.5) is 0 Å². The van der Waals surface area contributed by atoms with Crippen LogP contribution in [0.1, 0.15) is 21.7 Å². The van der Waals surface area contributed by atoms with Crippen molar-refractivity contribution in [3.8, 4) is 5.88 Å². The number of nitrogens with zero attached hydrogens (tertiary/aromatic N) is 2. The number of ether oxygens (including phenoxy) is 1. The second-order valence-corrected chi connectivity index (χ2v) is 6.82. The molecule has 0 saturated carbocycles. The van der Waals surface area contributed by atoms with Crippen LogP contribution in [0, 0.1) is 0 Å². The second-order valence-electron chi connectivity index (χ2n) is 6.04. The lowest BCUT2D eigenvalue weighted by atomic mass is 10.2. The lowest BCUT2D eigenvalue weighted by Gasteiger charge is -2.08. The molecular formula is C20H16N4O3S. The van der Waals surface area contributed by atoms with Crippen molar-refractivity contribution in [2.24, 2.45) is 0 Å². The number of carbonyl (C=O) groups is 1. The van der Waals surface area contributed by atoms with Crippen LogP contribution in [0.15, 0.2) is 64.2 Å². The highest BCUT2D eigenvalue weighted by molar-refractivity contribution is 7.07. The molecule has 0 unspecified atom stereocenters. The average molecular weight is 392 g/mol. The number of carbonyl (C=O) groups excluding carboxylic acids is 1. The molecular weight excluding hydrogens is 376 g/mol. The van der Waals surface area contributed by atoms with Gasteiger partial charge in [-0.15, -0.1) is 0 Å². The highest BCUT2D eigenvalue weighted by Gasteiger charge is 2.11. The number of rotatable bonds is 6. The first kappa shape index (κ1) is 17.9. The summed E-state index contributed by atoms with van der Waals surface area (Å²) < 4.78 is 5.67. The number of hydrogen-bond acceptors (Lipinski definition) is 6. The number of nitrogens with one attached hydrogen (secondary N) is 2. The minimum atomic E-state index is -0.458. The maximum atomic E-state index is 12.4. The number of thiophene rings is 1. The van der Waals surface area contributed by atoms with Gasteiger partial charge in [-0.25, -0.2) is 9.97 Å². The number of aromatic amines is 1. The summed E-state index contributed by atoms with van der Waals surface area (Å²) >= 11 is 1.61. The van der Waals surface area contributed by atoms with Gasteiger partial charge in [0.05, 0.1) is 10.9 Å². The highest BCUT2D eigenvalue weighted by Crippen LogP contribution is 2.13. The predicted octanol–water partition coefficient (Wildman–Crippen LogP) is 2.89. The molecule has 0 aliphatic carbocycles. The first-order valence-corrected chi connectivity index (χ1v) is 9.49. The normalized spacial score (nSPS) is 10.7. The monoisotopic (exact) mass is 392 g/mol. The lowest BCUT2D eigenvalue weighted by molar-refractivity contribution is 0.0940. The van der Waals surface area contributed by atoms with Crippen molar-refractivity contribution >= 4 is 28.1 Å². The molecule has 0 radical (unpaired) electrons. The van der Waals surface area contributed by atoms with Crippen molar-refractivity contribution in [3.05, 3.63) is 86.7 Å². The summed E-state index contributed by atoms with van der Waals surface area (Å²) in [7, 11) is 0. The van der Waals surface area contributed by atoms with Crippen LogP contribution in [0.3, 0.4) is 0 Å². The third-order valence-corrected chi connectivity index (χ3v) is 4.78. The molecule has 8 heteroatoms. The maximum absolute atomic E-state index is 12.4. The van der Waals surface area contributed by atoms with Crippen molar-refractivity contribution in [2.45, 2.75) is 13.2 Å². The van der Waals surface area contributed by atoms with Crippen molar-refractivity contribution < 1.29 is 9.53 Å². The van der Waals surface area contributed by atoms with Gasteiger partial charge in [-0.3, -0.25) is 9.59 Å². The van der Waals surface area contributed by atoms with Crippen molar-refractivity contribution in [2.75, 3.05) is 0 Å². The van der Waals surface area contributed by atoms with E-state index in [1.54, 1.807) is 53.9 Å². The van der Waals surface area contributed by atoms with Gasteiger partial charge in [0.15, 0.2) is 5.82 Å². The van der Waals surface area contributed by atoms with Gasteiger partial charge in [0.25, 0.3) is 11.5 Å². The van der Waals surface area contributed by atoms with Crippen molar-refractivity contribution in [3.63, 3.8) is 0 Å². The molecule has 0 aliphatic rings. The number of pyridine rings is 1. The molecule has 28 heavy (non-hydrogen) atoms. The Morgan fingerprint density at radius 1 is 1.18 bits per heavy atom. The largest absolute Gasteiger partial charge is 0.473 e. The minimum absolute atomic E-state index is 0.0216. The number of fused-ring (bicyclic) bond motifs is 1. The van der Waals surface area contributed by atoms with E-state index in [1.807, 2.05) is 16.8 Å². The molecule has 1 amide bonds. The van der Waals surface area contributed by atoms with Crippen LogP contribution in [-0.2, 0) is 13.2 Å². The minimum Gasteiger partial charge on any atom is -0.473 e. The van der Waals surface area contributed by atoms with E-state index < -0.39 is 5.91 Å². The van der Waals surface area contributed by atoms with Gasteiger partial charge >= 0.3 is 0 Å².